The molecule has 15 heavy (non-hydrogen) atoms. The Kier molecular flexibility index (Phi) is 2.68. The Labute approximate surface area is 88.8 Å². The Morgan fingerprint density at radius 2 is 2.20 bits per heavy atom. The summed E-state index contributed by atoms with van der Waals surface area (Å²) in [5.74, 6) is 0. The van der Waals surface area contributed by atoms with Crippen LogP contribution in [0.3, 0.4) is 0 Å². The molecule has 0 atom stereocenters. The molecule has 0 saturated heterocycles. The fourth-order valence-corrected chi connectivity index (χ4v) is 1.78. The first kappa shape index (κ1) is 9.71. The molecule has 2 nitrogen and oxygen atoms in total. The summed E-state index contributed by atoms with van der Waals surface area (Å²) in [6, 6.07) is 7.78. The third-order valence-electron chi connectivity index (χ3n) is 2.55. The maximum Gasteiger partial charge on any atom is 0.150 e. The van der Waals surface area contributed by atoms with Crippen LogP contribution in [0.2, 0.25) is 0 Å². The highest BCUT2D eigenvalue weighted by Crippen LogP contribution is 2.19. The highest BCUT2D eigenvalue weighted by Gasteiger charge is 2.03. The average Bonchev–Trinajstić information content (AvgIpc) is 2.69. The van der Waals surface area contributed by atoms with Gasteiger partial charge < -0.3 is 4.57 Å². The molecule has 1 heterocycles. The minimum atomic E-state index is 0.754. The van der Waals surface area contributed by atoms with Gasteiger partial charge in [0.25, 0.3) is 0 Å². The van der Waals surface area contributed by atoms with Crippen molar-refractivity contribution in [1.82, 2.24) is 4.57 Å². The summed E-state index contributed by atoms with van der Waals surface area (Å²) in [5.41, 5.74) is 1.87. The standard InChI is InChI=1S/C13H13NO/c1-2-3-8-14-9-7-12-11(10-15)5-4-6-13(12)14/h2,4-7,9-10H,1,3,8H2. The van der Waals surface area contributed by atoms with Crippen LogP contribution in [0.15, 0.2) is 43.1 Å². The van der Waals surface area contributed by atoms with Crippen LogP contribution in [0.4, 0.5) is 0 Å². The van der Waals surface area contributed by atoms with Crippen LogP contribution < -0.4 is 0 Å². The number of aryl methyl sites for hydroxylation is 1. The lowest BCUT2D eigenvalue weighted by molar-refractivity contribution is 0.112. The fraction of sp³-hybridized carbons (Fsp3) is 0.154. The Balaban J connectivity index is 2.50. The lowest BCUT2D eigenvalue weighted by atomic mass is 10.1. The highest BCUT2D eigenvalue weighted by molar-refractivity contribution is 5.97. The largest absolute Gasteiger partial charge is 0.347 e. The quantitative estimate of drug-likeness (QED) is 0.548. The number of benzene rings is 1. The Morgan fingerprint density at radius 3 is 2.93 bits per heavy atom. The van der Waals surface area contributed by atoms with E-state index in [0.29, 0.717) is 0 Å². The van der Waals surface area contributed by atoms with E-state index in [9.17, 15) is 4.79 Å². The average molecular weight is 199 g/mol. The molecule has 1 aromatic carbocycles. The van der Waals surface area contributed by atoms with Gasteiger partial charge in [0.15, 0.2) is 6.29 Å². The van der Waals surface area contributed by atoms with Crippen LogP contribution in [0.1, 0.15) is 16.8 Å². The second-order valence-electron chi connectivity index (χ2n) is 3.48. The number of carbonyl (C=O) groups is 1. The van der Waals surface area contributed by atoms with Crippen molar-refractivity contribution in [3.63, 3.8) is 0 Å². The molecule has 0 spiro atoms. The van der Waals surface area contributed by atoms with E-state index in [2.05, 4.69) is 11.1 Å². The van der Waals surface area contributed by atoms with Crippen molar-refractivity contribution in [3.05, 3.63) is 48.7 Å². The van der Waals surface area contributed by atoms with E-state index in [1.54, 1.807) is 0 Å². The zero-order valence-corrected chi connectivity index (χ0v) is 8.52. The predicted octanol–water partition coefficient (Wildman–Crippen LogP) is 3.03. The lowest BCUT2D eigenvalue weighted by Gasteiger charge is -2.03. The number of rotatable bonds is 4. The van der Waals surface area contributed by atoms with Crippen molar-refractivity contribution in [2.45, 2.75) is 13.0 Å². The van der Waals surface area contributed by atoms with E-state index < -0.39 is 0 Å². The number of aromatic nitrogens is 1. The van der Waals surface area contributed by atoms with Gasteiger partial charge in [-0.2, -0.15) is 0 Å². The number of allylic oxidation sites excluding steroid dienone is 1. The molecule has 0 bridgehead atoms. The minimum Gasteiger partial charge on any atom is -0.347 e. The van der Waals surface area contributed by atoms with E-state index in [0.717, 1.165) is 35.7 Å². The van der Waals surface area contributed by atoms with Crippen molar-refractivity contribution in [2.24, 2.45) is 0 Å². The molecule has 0 saturated carbocycles. The van der Waals surface area contributed by atoms with Gasteiger partial charge in [0, 0.05) is 29.2 Å². The van der Waals surface area contributed by atoms with Crippen LogP contribution in [0.5, 0.6) is 0 Å². The number of aldehydes is 1. The van der Waals surface area contributed by atoms with Crippen molar-refractivity contribution in [3.8, 4) is 0 Å². The van der Waals surface area contributed by atoms with Crippen LogP contribution in [-0.2, 0) is 6.54 Å². The number of fused-ring (bicyclic) bond motifs is 1. The Morgan fingerprint density at radius 1 is 1.33 bits per heavy atom. The van der Waals surface area contributed by atoms with E-state index in [4.69, 9.17) is 0 Å². The molecule has 1 aromatic heterocycles. The first-order valence-corrected chi connectivity index (χ1v) is 5.00. The third kappa shape index (κ3) is 1.71. The molecule has 0 N–H and O–H groups in total. The highest BCUT2D eigenvalue weighted by atomic mass is 16.1. The van der Waals surface area contributed by atoms with Crippen molar-refractivity contribution >= 4 is 17.2 Å². The molecule has 0 unspecified atom stereocenters. The molecule has 0 amide bonds. The minimum absolute atomic E-state index is 0.754. The molecule has 2 rings (SSSR count). The van der Waals surface area contributed by atoms with Crippen molar-refractivity contribution in [2.75, 3.05) is 0 Å². The molecule has 0 aliphatic rings. The predicted molar refractivity (Wildman–Crippen MR) is 62.1 cm³/mol. The van der Waals surface area contributed by atoms with Gasteiger partial charge in [-0.25, -0.2) is 0 Å². The summed E-state index contributed by atoms with van der Waals surface area (Å²) in [6.07, 6.45) is 5.76. The third-order valence-corrected chi connectivity index (χ3v) is 2.55. The van der Waals surface area contributed by atoms with Gasteiger partial charge in [-0.15, -0.1) is 6.58 Å². The molecule has 0 aliphatic carbocycles. The van der Waals surface area contributed by atoms with E-state index in [-0.39, 0.29) is 0 Å². The summed E-state index contributed by atoms with van der Waals surface area (Å²) in [4.78, 5) is 10.8. The maximum absolute atomic E-state index is 10.8. The molecule has 76 valence electrons. The summed E-state index contributed by atoms with van der Waals surface area (Å²) in [5, 5.41) is 1.02. The van der Waals surface area contributed by atoms with Gasteiger partial charge in [-0.1, -0.05) is 18.2 Å². The summed E-state index contributed by atoms with van der Waals surface area (Å²) < 4.78 is 2.14. The lowest BCUT2D eigenvalue weighted by Crippen LogP contribution is -1.94. The maximum atomic E-state index is 10.8. The van der Waals surface area contributed by atoms with Crippen LogP contribution in [0, 0.1) is 0 Å². The Bertz CT molecular complexity index is 496. The van der Waals surface area contributed by atoms with Gasteiger partial charge in [0.05, 0.1) is 0 Å². The van der Waals surface area contributed by atoms with Gasteiger partial charge in [0.2, 0.25) is 0 Å². The number of nitrogens with zero attached hydrogens (tertiary/aromatic N) is 1. The van der Waals surface area contributed by atoms with Crippen molar-refractivity contribution in [1.29, 1.82) is 0 Å². The van der Waals surface area contributed by atoms with Crippen LogP contribution >= 0.6 is 0 Å². The normalized spacial score (nSPS) is 10.4. The van der Waals surface area contributed by atoms with Crippen molar-refractivity contribution < 1.29 is 4.79 Å². The molecule has 2 heteroatoms. The number of hydrogen-bond donors (Lipinski definition) is 0. The van der Waals surface area contributed by atoms with E-state index in [1.807, 2.05) is 36.5 Å². The zero-order valence-electron chi connectivity index (χ0n) is 8.52. The molecular weight excluding hydrogens is 186 g/mol. The first-order valence-electron chi connectivity index (χ1n) is 5.00. The fourth-order valence-electron chi connectivity index (χ4n) is 1.78. The summed E-state index contributed by atoms with van der Waals surface area (Å²) in [6.45, 7) is 4.62. The first-order chi connectivity index (χ1) is 7.36. The molecule has 0 fully saturated rings. The van der Waals surface area contributed by atoms with Gasteiger partial charge in [-0.3, -0.25) is 4.79 Å². The van der Waals surface area contributed by atoms with Gasteiger partial charge >= 0.3 is 0 Å². The summed E-state index contributed by atoms with van der Waals surface area (Å²) in [7, 11) is 0. The smallest absolute Gasteiger partial charge is 0.150 e. The second-order valence-corrected chi connectivity index (χ2v) is 3.48. The topological polar surface area (TPSA) is 22.0 Å². The SMILES string of the molecule is C=CCCn1ccc2c(C=O)cccc21. The Hall–Kier alpha value is -1.83. The number of carbonyl (C=O) groups excluding carboxylic acids is 1. The van der Waals surface area contributed by atoms with Gasteiger partial charge in [0.1, 0.15) is 0 Å². The van der Waals surface area contributed by atoms with Gasteiger partial charge in [-0.05, 0) is 18.6 Å². The van der Waals surface area contributed by atoms with Crippen LogP contribution in [-0.4, -0.2) is 10.9 Å². The summed E-state index contributed by atoms with van der Waals surface area (Å²) >= 11 is 0. The van der Waals surface area contributed by atoms with E-state index in [1.165, 1.54) is 0 Å². The molecule has 0 aliphatic heterocycles. The van der Waals surface area contributed by atoms with Crippen LogP contribution in [0.25, 0.3) is 10.9 Å². The zero-order chi connectivity index (χ0) is 10.7. The molecule has 2 aromatic rings. The monoisotopic (exact) mass is 199 g/mol. The number of hydrogen-bond acceptors (Lipinski definition) is 1. The molecular formula is C13H13NO. The second kappa shape index (κ2) is 4.13. The molecule has 0 radical (unpaired) electrons. The van der Waals surface area contributed by atoms with E-state index >= 15 is 0 Å².